The molecule has 1 fully saturated rings. The first kappa shape index (κ1) is 29.4. The first-order chi connectivity index (χ1) is 18.6. The normalized spacial score (nSPS) is 26.7. The Morgan fingerprint density at radius 3 is 2.58 bits per heavy atom. The molecule has 218 valence electrons. The van der Waals surface area contributed by atoms with Crippen LogP contribution in [-0.2, 0) is 20.1 Å². The lowest BCUT2D eigenvalue weighted by atomic mass is 10.1. The highest BCUT2D eigenvalue weighted by Gasteiger charge is 2.65. The monoisotopic (exact) mass is 624 g/mol. The highest BCUT2D eigenvalue weighted by atomic mass is 35.5. The van der Waals surface area contributed by atoms with E-state index < -0.39 is 51.4 Å². The van der Waals surface area contributed by atoms with Crippen LogP contribution in [0.3, 0.4) is 0 Å². The van der Waals surface area contributed by atoms with Crippen molar-refractivity contribution in [1.29, 1.82) is 0 Å². The van der Waals surface area contributed by atoms with E-state index in [0.717, 1.165) is 18.4 Å². The van der Waals surface area contributed by atoms with Crippen molar-refractivity contribution in [2.75, 3.05) is 18.6 Å². The van der Waals surface area contributed by atoms with Gasteiger partial charge in [0, 0.05) is 13.0 Å². The minimum absolute atomic E-state index is 0.0311. The van der Waals surface area contributed by atoms with E-state index in [1.54, 1.807) is 0 Å². The Labute approximate surface area is 230 Å². The molecule has 0 spiro atoms. The van der Waals surface area contributed by atoms with Crippen molar-refractivity contribution in [2.24, 2.45) is 5.92 Å². The lowest BCUT2D eigenvalue weighted by Crippen LogP contribution is -2.31. The van der Waals surface area contributed by atoms with Crippen molar-refractivity contribution < 1.29 is 47.3 Å². The number of aromatic nitrogens is 5. The largest absolute Gasteiger partial charge is 0.443 e. The van der Waals surface area contributed by atoms with E-state index in [4.69, 9.17) is 21.4 Å². The zero-order chi connectivity index (χ0) is 29.2. The summed E-state index contributed by atoms with van der Waals surface area (Å²) in [5, 5.41) is 24.0. The van der Waals surface area contributed by atoms with Gasteiger partial charge in [0.2, 0.25) is 5.28 Å². The lowest BCUT2D eigenvalue weighted by Gasteiger charge is -2.26. The molecule has 0 bridgehead atoms. The Morgan fingerprint density at radius 1 is 1.18 bits per heavy atom. The van der Waals surface area contributed by atoms with Gasteiger partial charge in [0.15, 0.2) is 17.0 Å². The molecule has 2 aliphatic rings. The van der Waals surface area contributed by atoms with Crippen molar-refractivity contribution >= 4 is 43.8 Å². The predicted octanol–water partition coefficient (Wildman–Crippen LogP) is 2.21. The first-order valence-electron chi connectivity index (χ1n) is 12.0. The molecule has 14 nitrogen and oxygen atoms in total. The van der Waals surface area contributed by atoms with E-state index in [9.17, 15) is 33.0 Å². The Hall–Kier alpha value is -2.13. The number of aliphatic hydroxyl groups excluding tert-OH is 2. The van der Waals surface area contributed by atoms with Crippen LogP contribution in [0.15, 0.2) is 24.3 Å². The number of hydrogen-bond acceptors (Lipinski definition) is 10. The number of anilines is 1. The van der Waals surface area contributed by atoms with Gasteiger partial charge in [-0.25, -0.2) is 4.68 Å². The summed E-state index contributed by atoms with van der Waals surface area (Å²) in [6.07, 6.45) is -1.71. The van der Waals surface area contributed by atoms with E-state index in [2.05, 4.69) is 30.9 Å². The van der Waals surface area contributed by atoms with Crippen LogP contribution in [0.4, 0.5) is 14.6 Å². The minimum atomic E-state index is -6.34. The Morgan fingerprint density at radius 2 is 1.88 bits per heavy atom. The van der Waals surface area contributed by atoms with Crippen LogP contribution in [0.2, 0.25) is 5.28 Å². The number of alkyl halides is 2. The lowest BCUT2D eigenvalue weighted by molar-refractivity contribution is -0.00594. The summed E-state index contributed by atoms with van der Waals surface area (Å²) in [4.78, 5) is 37.5. The number of hydrogen-bond donors (Lipinski definition) is 5. The van der Waals surface area contributed by atoms with Gasteiger partial charge in [-0.2, -0.15) is 18.7 Å². The van der Waals surface area contributed by atoms with E-state index >= 15 is 0 Å². The number of fused-ring (bicyclic) bond motifs is 2. The van der Waals surface area contributed by atoms with Crippen LogP contribution in [0.1, 0.15) is 36.1 Å². The van der Waals surface area contributed by atoms with Crippen molar-refractivity contribution in [3.8, 4) is 0 Å². The highest BCUT2D eigenvalue weighted by Crippen LogP contribution is 2.73. The third kappa shape index (κ3) is 4.85. The zero-order valence-electron chi connectivity index (χ0n) is 20.7. The van der Waals surface area contributed by atoms with Crippen molar-refractivity contribution in [3.63, 3.8) is 0 Å². The predicted molar refractivity (Wildman–Crippen MR) is 136 cm³/mol. The zero-order valence-corrected chi connectivity index (χ0v) is 23.2. The van der Waals surface area contributed by atoms with Gasteiger partial charge in [-0.3, -0.25) is 9.13 Å². The van der Waals surface area contributed by atoms with Gasteiger partial charge >= 0.3 is 20.6 Å². The second-order valence-electron chi connectivity index (χ2n) is 9.80. The summed E-state index contributed by atoms with van der Waals surface area (Å²) in [5.74, 6) is -0.821. The Kier molecular flexibility index (Phi) is 7.56. The standard InChI is InChI=1S/C21H25ClF2N6O8P2/c1-29(13-7-6-10-4-2-3-5-12(10)13)18-15-19(26-20(22)25-18)30(28-27-15)14-8-11(16(31)17(14)32)9-38-40(36,37)21(23,24)39(33,34)35/h2-5,11,13-14,16-17,31-32H,6-9H2,1H3,(H,36,37)(H2,33,34,35)/t11-,13+,14-,16-,17+/m1/s1. The molecule has 0 aliphatic heterocycles. The van der Waals surface area contributed by atoms with Gasteiger partial charge in [-0.05, 0) is 42.0 Å². The van der Waals surface area contributed by atoms with Crippen molar-refractivity contribution in [3.05, 3.63) is 40.7 Å². The molecule has 0 radical (unpaired) electrons. The molecule has 1 unspecified atom stereocenters. The van der Waals surface area contributed by atoms with Crippen LogP contribution in [0.25, 0.3) is 11.2 Å². The third-order valence-electron chi connectivity index (χ3n) is 7.42. The molecule has 0 amide bonds. The minimum Gasteiger partial charge on any atom is -0.390 e. The van der Waals surface area contributed by atoms with Crippen molar-refractivity contribution in [2.45, 2.75) is 49.0 Å². The van der Waals surface area contributed by atoms with Gasteiger partial charge in [0.05, 0.1) is 24.8 Å². The molecule has 1 aromatic carbocycles. The molecule has 2 aliphatic carbocycles. The number of rotatable bonds is 8. The fourth-order valence-electron chi connectivity index (χ4n) is 5.29. The highest BCUT2D eigenvalue weighted by molar-refractivity contribution is 7.72. The molecular formula is C21H25ClF2N6O8P2. The summed E-state index contributed by atoms with van der Waals surface area (Å²) in [6.45, 7) is -1.02. The summed E-state index contributed by atoms with van der Waals surface area (Å²) >= 11 is 6.24. The molecule has 2 heterocycles. The first-order valence-corrected chi connectivity index (χ1v) is 15.6. The smallest absolute Gasteiger partial charge is 0.390 e. The van der Waals surface area contributed by atoms with E-state index in [1.165, 1.54) is 10.2 Å². The molecule has 6 atom stereocenters. The maximum Gasteiger partial charge on any atom is 0.443 e. The number of benzene rings is 1. The summed E-state index contributed by atoms with van der Waals surface area (Å²) in [5.41, 5.74) is 2.70. The van der Waals surface area contributed by atoms with Gasteiger partial charge in [-0.15, -0.1) is 5.10 Å². The maximum atomic E-state index is 13.8. The molecule has 40 heavy (non-hydrogen) atoms. The average Bonchev–Trinajstić information content (AvgIpc) is 3.57. The van der Waals surface area contributed by atoms with Gasteiger partial charge < -0.3 is 34.3 Å². The fraction of sp³-hybridized carbons (Fsp3) is 0.524. The number of halogens is 3. The molecule has 5 rings (SSSR count). The third-order valence-corrected chi connectivity index (χ3v) is 11.0. The van der Waals surface area contributed by atoms with E-state index in [-0.39, 0.29) is 28.9 Å². The number of nitrogens with zero attached hydrogens (tertiary/aromatic N) is 6. The van der Waals surface area contributed by atoms with Crippen LogP contribution in [0, 0.1) is 5.92 Å². The second kappa shape index (κ2) is 10.3. The van der Waals surface area contributed by atoms with E-state index in [1.807, 2.05) is 30.1 Å². The topological polar surface area (TPSA) is 204 Å². The van der Waals surface area contributed by atoms with Gasteiger partial charge in [0.25, 0.3) is 0 Å². The molecule has 0 saturated heterocycles. The second-order valence-corrected chi connectivity index (χ2v) is 14.0. The van der Waals surface area contributed by atoms with Gasteiger partial charge in [-0.1, -0.05) is 29.5 Å². The van der Waals surface area contributed by atoms with Crippen molar-refractivity contribution in [1.82, 2.24) is 25.0 Å². The van der Waals surface area contributed by atoms with Crippen LogP contribution in [0.5, 0.6) is 0 Å². The Balaban J connectivity index is 1.40. The molecule has 1 saturated carbocycles. The SMILES string of the molecule is CN(c1nc(Cl)nc2c1nnn2[C@@H]1C[C@H](COP(=O)(O)C(F)(F)P(=O)(O)O)[C@@H](O)[C@H]1O)[C@H]1CCc2ccccc21. The number of aryl methyl sites for hydroxylation is 1. The number of aliphatic hydroxyl groups is 2. The quantitative estimate of drug-likeness (QED) is 0.180. The van der Waals surface area contributed by atoms with Crippen LogP contribution in [-0.4, -0.2) is 81.1 Å². The molecule has 3 aromatic rings. The molecule has 5 N–H and O–H groups in total. The fourth-order valence-corrected chi connectivity index (χ4v) is 7.49. The molecular weight excluding hydrogens is 600 g/mol. The summed E-state index contributed by atoms with van der Waals surface area (Å²) in [6, 6.07) is 6.92. The molecule has 2 aromatic heterocycles. The molecule has 19 heteroatoms. The maximum absolute atomic E-state index is 13.8. The van der Waals surface area contributed by atoms with Crippen LogP contribution < -0.4 is 4.90 Å². The average molecular weight is 625 g/mol. The summed E-state index contributed by atoms with van der Waals surface area (Å²) in [7, 11) is -10.7. The van der Waals surface area contributed by atoms with Gasteiger partial charge in [0.1, 0.15) is 6.10 Å². The van der Waals surface area contributed by atoms with Crippen LogP contribution >= 0.6 is 26.8 Å². The Bertz CT molecular complexity index is 1540. The van der Waals surface area contributed by atoms with E-state index in [0.29, 0.717) is 5.82 Å². The summed E-state index contributed by atoms with van der Waals surface area (Å²) < 4.78 is 56.0.